The fraction of sp³-hybridized carbons (Fsp3) is 0.364. The second kappa shape index (κ2) is 8.71. The van der Waals surface area contributed by atoms with E-state index in [0.717, 1.165) is 12.4 Å². The van der Waals surface area contributed by atoms with Crippen molar-refractivity contribution >= 4 is 17.5 Å². The van der Waals surface area contributed by atoms with E-state index in [4.69, 9.17) is 4.74 Å². The SMILES string of the molecule is CC(C)CNC(=O)c1ccccc1NC(=O)c1ccc(OCC2CC2)cc1. The summed E-state index contributed by atoms with van der Waals surface area (Å²) in [5.74, 6) is 1.37. The maximum Gasteiger partial charge on any atom is 0.255 e. The van der Waals surface area contributed by atoms with Crippen LogP contribution < -0.4 is 15.4 Å². The summed E-state index contributed by atoms with van der Waals surface area (Å²) in [5.41, 5.74) is 1.47. The first-order valence-corrected chi connectivity index (χ1v) is 9.44. The maximum absolute atomic E-state index is 12.6. The van der Waals surface area contributed by atoms with E-state index < -0.39 is 0 Å². The van der Waals surface area contributed by atoms with E-state index in [2.05, 4.69) is 10.6 Å². The number of anilines is 1. The highest BCUT2D eigenvalue weighted by Crippen LogP contribution is 2.29. The monoisotopic (exact) mass is 366 g/mol. The van der Waals surface area contributed by atoms with Crippen LogP contribution in [0.2, 0.25) is 0 Å². The molecular weight excluding hydrogens is 340 g/mol. The molecule has 0 aliphatic heterocycles. The zero-order chi connectivity index (χ0) is 19.2. The van der Waals surface area contributed by atoms with Crippen molar-refractivity contribution in [1.29, 1.82) is 0 Å². The van der Waals surface area contributed by atoms with E-state index in [0.29, 0.717) is 35.2 Å². The first-order chi connectivity index (χ1) is 13.0. The summed E-state index contributed by atoms with van der Waals surface area (Å²) < 4.78 is 5.70. The number of rotatable bonds is 8. The van der Waals surface area contributed by atoms with Gasteiger partial charge in [-0.2, -0.15) is 0 Å². The maximum atomic E-state index is 12.6. The Morgan fingerprint density at radius 2 is 1.74 bits per heavy atom. The van der Waals surface area contributed by atoms with Crippen LogP contribution in [0, 0.1) is 11.8 Å². The molecular formula is C22H26N2O3. The van der Waals surface area contributed by atoms with Gasteiger partial charge in [-0.25, -0.2) is 0 Å². The van der Waals surface area contributed by atoms with E-state index in [1.54, 1.807) is 48.5 Å². The van der Waals surface area contributed by atoms with Crippen LogP contribution in [0.25, 0.3) is 0 Å². The summed E-state index contributed by atoms with van der Waals surface area (Å²) in [4.78, 5) is 24.9. The third kappa shape index (κ3) is 5.58. The van der Waals surface area contributed by atoms with Gasteiger partial charge in [0, 0.05) is 12.1 Å². The molecule has 2 aromatic rings. The highest BCUT2D eigenvalue weighted by atomic mass is 16.5. The number of carbonyl (C=O) groups excluding carboxylic acids is 2. The molecule has 0 aromatic heterocycles. The standard InChI is InChI=1S/C22H26N2O3/c1-15(2)13-23-22(26)19-5-3-4-6-20(19)24-21(25)17-9-11-18(12-10-17)27-14-16-7-8-16/h3-6,9-12,15-16H,7-8,13-14H2,1-2H3,(H,23,26)(H,24,25). The van der Waals surface area contributed by atoms with E-state index in [9.17, 15) is 9.59 Å². The van der Waals surface area contributed by atoms with Crippen LogP contribution in [0.1, 0.15) is 47.4 Å². The number of ether oxygens (including phenoxy) is 1. The Bertz CT molecular complexity index is 795. The first kappa shape index (κ1) is 19.0. The van der Waals surface area contributed by atoms with E-state index >= 15 is 0 Å². The van der Waals surface area contributed by atoms with Gasteiger partial charge in [0.2, 0.25) is 0 Å². The Kier molecular flexibility index (Phi) is 6.12. The Hall–Kier alpha value is -2.82. The van der Waals surface area contributed by atoms with Crippen molar-refractivity contribution in [3.05, 3.63) is 59.7 Å². The highest BCUT2D eigenvalue weighted by Gasteiger charge is 2.22. The predicted octanol–water partition coefficient (Wildman–Crippen LogP) is 4.11. The number of hydrogen-bond donors (Lipinski definition) is 2. The molecule has 5 heteroatoms. The van der Waals surface area contributed by atoms with Gasteiger partial charge in [-0.3, -0.25) is 9.59 Å². The zero-order valence-electron chi connectivity index (χ0n) is 15.8. The normalized spacial score (nSPS) is 13.3. The minimum atomic E-state index is -0.257. The summed E-state index contributed by atoms with van der Waals surface area (Å²) in [6.45, 7) is 5.39. The van der Waals surface area contributed by atoms with Gasteiger partial charge in [-0.1, -0.05) is 26.0 Å². The van der Waals surface area contributed by atoms with Gasteiger partial charge < -0.3 is 15.4 Å². The van der Waals surface area contributed by atoms with Crippen LogP contribution >= 0.6 is 0 Å². The van der Waals surface area contributed by atoms with Gasteiger partial charge in [0.15, 0.2) is 0 Å². The molecule has 0 bridgehead atoms. The minimum absolute atomic E-state index is 0.191. The third-order valence-electron chi connectivity index (χ3n) is 4.39. The van der Waals surface area contributed by atoms with Crippen LogP contribution in [0.5, 0.6) is 5.75 Å². The molecule has 2 N–H and O–H groups in total. The Morgan fingerprint density at radius 3 is 2.41 bits per heavy atom. The number of hydrogen-bond acceptors (Lipinski definition) is 3. The summed E-state index contributed by atoms with van der Waals surface area (Å²) in [6.07, 6.45) is 2.48. The van der Waals surface area contributed by atoms with Crippen molar-refractivity contribution in [2.45, 2.75) is 26.7 Å². The number of amides is 2. The Morgan fingerprint density at radius 1 is 1.04 bits per heavy atom. The third-order valence-corrected chi connectivity index (χ3v) is 4.39. The molecule has 0 saturated heterocycles. The molecule has 27 heavy (non-hydrogen) atoms. The molecule has 3 rings (SSSR count). The number of carbonyl (C=O) groups is 2. The largest absolute Gasteiger partial charge is 0.493 e. The van der Waals surface area contributed by atoms with Crippen molar-refractivity contribution in [3.8, 4) is 5.75 Å². The van der Waals surface area contributed by atoms with Gasteiger partial charge in [0.25, 0.3) is 11.8 Å². The van der Waals surface area contributed by atoms with Gasteiger partial charge in [-0.15, -0.1) is 0 Å². The van der Waals surface area contributed by atoms with Crippen molar-refractivity contribution in [3.63, 3.8) is 0 Å². The van der Waals surface area contributed by atoms with Gasteiger partial charge in [-0.05, 0) is 61.1 Å². The van der Waals surface area contributed by atoms with E-state index in [1.165, 1.54) is 12.8 Å². The molecule has 2 amide bonds. The van der Waals surface area contributed by atoms with Crippen molar-refractivity contribution < 1.29 is 14.3 Å². The fourth-order valence-corrected chi connectivity index (χ4v) is 2.58. The highest BCUT2D eigenvalue weighted by molar-refractivity contribution is 6.09. The molecule has 1 aliphatic rings. The molecule has 1 saturated carbocycles. The Balaban J connectivity index is 1.63. The lowest BCUT2D eigenvalue weighted by Crippen LogP contribution is -2.28. The average Bonchev–Trinajstić information content (AvgIpc) is 3.49. The van der Waals surface area contributed by atoms with E-state index in [-0.39, 0.29) is 11.8 Å². The molecule has 1 fully saturated rings. The molecule has 0 atom stereocenters. The van der Waals surface area contributed by atoms with Crippen LogP contribution in [0.15, 0.2) is 48.5 Å². The molecule has 1 aliphatic carbocycles. The summed E-state index contributed by atoms with van der Waals surface area (Å²) >= 11 is 0. The molecule has 0 spiro atoms. The molecule has 0 unspecified atom stereocenters. The van der Waals surface area contributed by atoms with Gasteiger partial charge in [0.1, 0.15) is 5.75 Å². The van der Waals surface area contributed by atoms with E-state index in [1.807, 2.05) is 13.8 Å². The van der Waals surface area contributed by atoms with Crippen molar-refractivity contribution in [1.82, 2.24) is 5.32 Å². The molecule has 0 radical (unpaired) electrons. The predicted molar refractivity (Wildman–Crippen MR) is 106 cm³/mol. The smallest absolute Gasteiger partial charge is 0.255 e. The summed E-state index contributed by atoms with van der Waals surface area (Å²) in [5, 5.41) is 5.72. The van der Waals surface area contributed by atoms with Crippen molar-refractivity contribution in [2.24, 2.45) is 11.8 Å². The van der Waals surface area contributed by atoms with Crippen LogP contribution in [0.4, 0.5) is 5.69 Å². The molecule has 142 valence electrons. The minimum Gasteiger partial charge on any atom is -0.493 e. The number of para-hydroxylation sites is 1. The Labute approximate surface area is 160 Å². The first-order valence-electron chi connectivity index (χ1n) is 9.44. The van der Waals surface area contributed by atoms with Gasteiger partial charge >= 0.3 is 0 Å². The summed E-state index contributed by atoms with van der Waals surface area (Å²) in [7, 11) is 0. The second-order valence-corrected chi connectivity index (χ2v) is 7.38. The van der Waals surface area contributed by atoms with Crippen LogP contribution in [-0.4, -0.2) is 25.0 Å². The van der Waals surface area contributed by atoms with Crippen molar-refractivity contribution in [2.75, 3.05) is 18.5 Å². The molecule has 0 heterocycles. The summed E-state index contributed by atoms with van der Waals surface area (Å²) in [6, 6.07) is 14.1. The van der Waals surface area contributed by atoms with Crippen LogP contribution in [-0.2, 0) is 0 Å². The zero-order valence-corrected chi connectivity index (χ0v) is 15.8. The molecule has 2 aromatic carbocycles. The second-order valence-electron chi connectivity index (χ2n) is 7.38. The average molecular weight is 366 g/mol. The van der Waals surface area contributed by atoms with Gasteiger partial charge in [0.05, 0.1) is 17.9 Å². The lowest BCUT2D eigenvalue weighted by molar-refractivity contribution is 0.0950. The topological polar surface area (TPSA) is 67.4 Å². The number of nitrogens with one attached hydrogen (secondary N) is 2. The lowest BCUT2D eigenvalue weighted by atomic mass is 10.1. The fourth-order valence-electron chi connectivity index (χ4n) is 2.58. The molecule has 5 nitrogen and oxygen atoms in total. The quantitative estimate of drug-likeness (QED) is 0.739. The lowest BCUT2D eigenvalue weighted by Gasteiger charge is -2.13. The number of benzene rings is 2. The van der Waals surface area contributed by atoms with Crippen LogP contribution in [0.3, 0.4) is 0 Å².